The molecule has 3 N–H and O–H groups in total. The molecular formula is C13H19N3O. The summed E-state index contributed by atoms with van der Waals surface area (Å²) in [4.78, 5) is 12.0. The Morgan fingerprint density at radius 1 is 1.35 bits per heavy atom. The van der Waals surface area contributed by atoms with Crippen molar-refractivity contribution in [3.63, 3.8) is 0 Å². The van der Waals surface area contributed by atoms with E-state index in [9.17, 15) is 4.79 Å². The number of anilines is 1. The fraction of sp³-hybridized carbons (Fsp3) is 0.462. The van der Waals surface area contributed by atoms with E-state index in [1.165, 1.54) is 5.56 Å². The predicted molar refractivity (Wildman–Crippen MR) is 69.2 cm³/mol. The van der Waals surface area contributed by atoms with E-state index in [1.54, 1.807) is 0 Å². The summed E-state index contributed by atoms with van der Waals surface area (Å²) in [6.45, 7) is 6.51. The van der Waals surface area contributed by atoms with Gasteiger partial charge in [0.15, 0.2) is 0 Å². The van der Waals surface area contributed by atoms with Crippen LogP contribution in [-0.2, 0) is 4.79 Å². The monoisotopic (exact) mass is 233 g/mol. The molecule has 1 heterocycles. The fourth-order valence-electron chi connectivity index (χ4n) is 2.01. The van der Waals surface area contributed by atoms with Gasteiger partial charge >= 0.3 is 0 Å². The molecule has 1 unspecified atom stereocenters. The molecule has 1 aliphatic rings. The summed E-state index contributed by atoms with van der Waals surface area (Å²) in [5.41, 5.74) is 3.20. The molecule has 4 nitrogen and oxygen atoms in total. The van der Waals surface area contributed by atoms with Gasteiger partial charge in [-0.05, 0) is 25.5 Å². The van der Waals surface area contributed by atoms with Crippen LogP contribution in [0, 0.1) is 13.8 Å². The first-order valence-corrected chi connectivity index (χ1v) is 5.99. The molecule has 92 valence electrons. The largest absolute Gasteiger partial charge is 0.324 e. The molecule has 0 saturated carbocycles. The minimum absolute atomic E-state index is 0.0316. The maximum atomic E-state index is 12.0. The second kappa shape index (κ2) is 5.29. The molecule has 2 rings (SSSR count). The van der Waals surface area contributed by atoms with Gasteiger partial charge in [-0.1, -0.05) is 17.7 Å². The van der Waals surface area contributed by atoms with Crippen LogP contribution in [0.4, 0.5) is 5.69 Å². The SMILES string of the molecule is Cc1ccc(NC(=O)C2CNCCN2)c(C)c1. The van der Waals surface area contributed by atoms with Gasteiger partial charge in [0, 0.05) is 25.3 Å². The highest BCUT2D eigenvalue weighted by Gasteiger charge is 2.20. The molecule has 1 aliphatic heterocycles. The Kier molecular flexibility index (Phi) is 3.76. The number of carbonyl (C=O) groups excluding carboxylic acids is 1. The van der Waals surface area contributed by atoms with Crippen LogP contribution < -0.4 is 16.0 Å². The van der Waals surface area contributed by atoms with Crippen molar-refractivity contribution in [3.8, 4) is 0 Å². The first-order valence-electron chi connectivity index (χ1n) is 5.99. The molecule has 0 aromatic heterocycles. The molecule has 1 amide bonds. The van der Waals surface area contributed by atoms with Gasteiger partial charge in [0.25, 0.3) is 0 Å². The molecule has 0 bridgehead atoms. The number of rotatable bonds is 2. The van der Waals surface area contributed by atoms with Crippen molar-refractivity contribution in [2.75, 3.05) is 25.0 Å². The van der Waals surface area contributed by atoms with Crippen LogP contribution in [0.2, 0.25) is 0 Å². The van der Waals surface area contributed by atoms with E-state index >= 15 is 0 Å². The van der Waals surface area contributed by atoms with Gasteiger partial charge in [-0.25, -0.2) is 0 Å². The quantitative estimate of drug-likeness (QED) is 0.708. The van der Waals surface area contributed by atoms with Crippen LogP contribution >= 0.6 is 0 Å². The summed E-state index contributed by atoms with van der Waals surface area (Å²) >= 11 is 0. The number of nitrogens with one attached hydrogen (secondary N) is 3. The van der Waals surface area contributed by atoms with Crippen LogP contribution in [0.15, 0.2) is 18.2 Å². The van der Waals surface area contributed by atoms with Crippen molar-refractivity contribution >= 4 is 11.6 Å². The smallest absolute Gasteiger partial charge is 0.242 e. The van der Waals surface area contributed by atoms with E-state index < -0.39 is 0 Å². The van der Waals surface area contributed by atoms with Crippen LogP contribution in [-0.4, -0.2) is 31.6 Å². The highest BCUT2D eigenvalue weighted by atomic mass is 16.2. The van der Waals surface area contributed by atoms with E-state index in [4.69, 9.17) is 0 Å². The zero-order valence-electron chi connectivity index (χ0n) is 10.3. The highest BCUT2D eigenvalue weighted by molar-refractivity contribution is 5.95. The number of hydrogen-bond acceptors (Lipinski definition) is 3. The second-order valence-electron chi connectivity index (χ2n) is 4.52. The summed E-state index contributed by atoms with van der Waals surface area (Å²) < 4.78 is 0. The zero-order valence-corrected chi connectivity index (χ0v) is 10.3. The lowest BCUT2D eigenvalue weighted by Gasteiger charge is -2.24. The Bertz CT molecular complexity index is 411. The van der Waals surface area contributed by atoms with E-state index in [0.717, 1.165) is 24.3 Å². The maximum Gasteiger partial charge on any atom is 0.242 e. The summed E-state index contributed by atoms with van der Waals surface area (Å²) in [5, 5.41) is 9.36. The summed E-state index contributed by atoms with van der Waals surface area (Å²) in [5.74, 6) is 0.0316. The Hall–Kier alpha value is -1.39. The topological polar surface area (TPSA) is 53.2 Å². The average Bonchev–Trinajstić information content (AvgIpc) is 2.34. The van der Waals surface area contributed by atoms with E-state index in [0.29, 0.717) is 6.54 Å². The third kappa shape index (κ3) is 3.05. The van der Waals surface area contributed by atoms with Crippen LogP contribution in [0.1, 0.15) is 11.1 Å². The number of amides is 1. The standard InChI is InChI=1S/C13H19N3O/c1-9-3-4-11(10(2)7-9)16-13(17)12-8-14-5-6-15-12/h3-4,7,12,14-15H,5-6,8H2,1-2H3,(H,16,17). The fourth-order valence-corrected chi connectivity index (χ4v) is 2.01. The van der Waals surface area contributed by atoms with Crippen LogP contribution in [0.5, 0.6) is 0 Å². The molecule has 1 saturated heterocycles. The van der Waals surface area contributed by atoms with Crippen molar-refractivity contribution in [3.05, 3.63) is 29.3 Å². The minimum atomic E-state index is -0.135. The highest BCUT2D eigenvalue weighted by Crippen LogP contribution is 2.16. The van der Waals surface area contributed by atoms with Gasteiger partial charge in [-0.2, -0.15) is 0 Å². The van der Waals surface area contributed by atoms with Crippen molar-refractivity contribution in [1.29, 1.82) is 0 Å². The first kappa shape index (κ1) is 12.1. The Morgan fingerprint density at radius 2 is 2.18 bits per heavy atom. The van der Waals surface area contributed by atoms with E-state index in [-0.39, 0.29) is 11.9 Å². The normalized spacial score (nSPS) is 20.0. The lowest BCUT2D eigenvalue weighted by Crippen LogP contribution is -2.54. The molecular weight excluding hydrogens is 214 g/mol. The molecule has 0 aliphatic carbocycles. The van der Waals surface area contributed by atoms with Gasteiger partial charge in [-0.15, -0.1) is 0 Å². The molecule has 1 fully saturated rings. The Morgan fingerprint density at radius 3 is 2.82 bits per heavy atom. The number of benzene rings is 1. The van der Waals surface area contributed by atoms with Crippen molar-refractivity contribution in [2.24, 2.45) is 0 Å². The molecule has 0 radical (unpaired) electrons. The molecule has 17 heavy (non-hydrogen) atoms. The number of piperazine rings is 1. The third-order valence-corrected chi connectivity index (χ3v) is 3.00. The van der Waals surface area contributed by atoms with Crippen LogP contribution in [0.3, 0.4) is 0 Å². The predicted octanol–water partition coefficient (Wildman–Crippen LogP) is 0.803. The van der Waals surface area contributed by atoms with Crippen molar-refractivity contribution in [1.82, 2.24) is 10.6 Å². The second-order valence-corrected chi connectivity index (χ2v) is 4.52. The van der Waals surface area contributed by atoms with Crippen molar-refractivity contribution < 1.29 is 4.79 Å². The van der Waals surface area contributed by atoms with Crippen molar-refractivity contribution in [2.45, 2.75) is 19.9 Å². The lowest BCUT2D eigenvalue weighted by molar-refractivity contribution is -0.118. The molecule has 1 aromatic rings. The van der Waals surface area contributed by atoms with Crippen LogP contribution in [0.25, 0.3) is 0 Å². The first-order chi connectivity index (χ1) is 8.16. The van der Waals surface area contributed by atoms with Gasteiger partial charge in [0.05, 0.1) is 6.04 Å². The maximum absolute atomic E-state index is 12.0. The van der Waals surface area contributed by atoms with E-state index in [1.807, 2.05) is 26.0 Å². The zero-order chi connectivity index (χ0) is 12.3. The number of carbonyl (C=O) groups is 1. The lowest BCUT2D eigenvalue weighted by atomic mass is 10.1. The third-order valence-electron chi connectivity index (χ3n) is 3.00. The summed E-state index contributed by atoms with van der Waals surface area (Å²) in [7, 11) is 0. The van der Waals surface area contributed by atoms with E-state index in [2.05, 4.69) is 22.0 Å². The molecule has 0 spiro atoms. The average molecular weight is 233 g/mol. The van der Waals surface area contributed by atoms with Gasteiger partial charge < -0.3 is 16.0 Å². The number of hydrogen-bond donors (Lipinski definition) is 3. The minimum Gasteiger partial charge on any atom is -0.324 e. The van der Waals surface area contributed by atoms with Gasteiger partial charge in [-0.3, -0.25) is 4.79 Å². The Balaban J connectivity index is 2.02. The molecule has 4 heteroatoms. The summed E-state index contributed by atoms with van der Waals surface area (Å²) in [6, 6.07) is 5.90. The van der Waals surface area contributed by atoms with Gasteiger partial charge in [0.1, 0.15) is 0 Å². The molecule has 1 atom stereocenters. The van der Waals surface area contributed by atoms with Gasteiger partial charge in [0.2, 0.25) is 5.91 Å². The summed E-state index contributed by atoms with van der Waals surface area (Å²) in [6.07, 6.45) is 0. The Labute approximate surface area is 102 Å². The number of aryl methyl sites for hydroxylation is 2. The molecule has 1 aromatic carbocycles.